The summed E-state index contributed by atoms with van der Waals surface area (Å²) in [5.74, 6) is 0.172. The second-order valence-corrected chi connectivity index (χ2v) is 4.27. The van der Waals surface area contributed by atoms with Gasteiger partial charge >= 0.3 is 12.3 Å². The molecule has 0 fully saturated rings. The second kappa shape index (κ2) is 8.37. The van der Waals surface area contributed by atoms with Crippen molar-refractivity contribution in [1.29, 1.82) is 0 Å². The number of amides is 1. The molecular formula is C12H14F3N3O3S. The first-order valence-electron chi connectivity index (χ1n) is 6.21. The number of hydrogen-bond donors (Lipinski definition) is 2. The number of nitrogens with one attached hydrogen (secondary N) is 2. The van der Waals surface area contributed by atoms with Crippen molar-refractivity contribution in [1.82, 2.24) is 10.3 Å². The quantitative estimate of drug-likeness (QED) is 0.805. The zero-order chi connectivity index (χ0) is 16.6. The Balaban J connectivity index is 2.59. The predicted octanol–water partition coefficient (Wildman–Crippen LogP) is 2.86. The highest BCUT2D eigenvalue weighted by Gasteiger charge is 2.27. The number of hydrogen-bond acceptors (Lipinski definition) is 5. The Labute approximate surface area is 130 Å². The summed E-state index contributed by atoms with van der Waals surface area (Å²) in [7, 11) is 0. The van der Waals surface area contributed by atoms with Gasteiger partial charge in [0.25, 0.3) is 0 Å². The summed E-state index contributed by atoms with van der Waals surface area (Å²) >= 11 is 4.86. The van der Waals surface area contributed by atoms with E-state index in [-0.39, 0.29) is 23.3 Å². The molecule has 0 radical (unpaired) electrons. The van der Waals surface area contributed by atoms with Gasteiger partial charge in [0.15, 0.2) is 16.7 Å². The maximum atomic E-state index is 12.1. The summed E-state index contributed by atoms with van der Waals surface area (Å²) in [6.45, 7) is 1.24. The molecular weight excluding hydrogens is 323 g/mol. The molecule has 0 unspecified atom stereocenters. The molecule has 1 heterocycles. The van der Waals surface area contributed by atoms with E-state index >= 15 is 0 Å². The lowest BCUT2D eigenvalue weighted by Crippen LogP contribution is -2.34. The van der Waals surface area contributed by atoms with Crippen LogP contribution in [-0.2, 0) is 4.74 Å². The van der Waals surface area contributed by atoms with Crippen molar-refractivity contribution in [3.63, 3.8) is 0 Å². The molecule has 1 amide bonds. The molecule has 0 aliphatic heterocycles. The molecule has 122 valence electrons. The van der Waals surface area contributed by atoms with Gasteiger partial charge in [0.2, 0.25) is 0 Å². The number of carbonyl (C=O) groups is 1. The molecule has 22 heavy (non-hydrogen) atoms. The Hall–Kier alpha value is -2.10. The summed E-state index contributed by atoms with van der Waals surface area (Å²) in [4.78, 5) is 15.1. The van der Waals surface area contributed by atoms with E-state index in [1.807, 2.05) is 0 Å². The summed E-state index contributed by atoms with van der Waals surface area (Å²) < 4.78 is 45.9. The fourth-order valence-corrected chi connectivity index (χ4v) is 1.46. The Kier molecular flexibility index (Phi) is 6.83. The van der Waals surface area contributed by atoms with E-state index in [2.05, 4.69) is 20.4 Å². The van der Waals surface area contributed by atoms with Gasteiger partial charge in [0.05, 0.1) is 19.6 Å². The molecule has 1 aromatic heterocycles. The van der Waals surface area contributed by atoms with Crippen LogP contribution in [0.2, 0.25) is 0 Å². The molecule has 0 atom stereocenters. The number of nitrogens with zero attached hydrogens (tertiary/aromatic N) is 1. The van der Waals surface area contributed by atoms with E-state index in [0.29, 0.717) is 0 Å². The van der Waals surface area contributed by atoms with Crippen molar-refractivity contribution in [2.45, 2.75) is 19.5 Å². The molecule has 2 N–H and O–H groups in total. The van der Waals surface area contributed by atoms with E-state index in [1.54, 1.807) is 6.92 Å². The fraction of sp³-hybridized carbons (Fsp3) is 0.417. The minimum Gasteiger partial charge on any atom is -0.489 e. The fourth-order valence-electron chi connectivity index (χ4n) is 1.28. The summed E-state index contributed by atoms with van der Waals surface area (Å²) in [6, 6.07) is 2.93. The van der Waals surface area contributed by atoms with Gasteiger partial charge in [-0.15, -0.1) is 0 Å². The molecule has 0 saturated heterocycles. The lowest BCUT2D eigenvalue weighted by atomic mass is 10.4. The number of alkyl halides is 3. The maximum Gasteiger partial charge on any atom is 0.413 e. The number of pyridine rings is 1. The maximum absolute atomic E-state index is 12.1. The van der Waals surface area contributed by atoms with E-state index in [1.165, 1.54) is 18.3 Å². The molecule has 6 nitrogen and oxygen atoms in total. The average molecular weight is 337 g/mol. The highest BCUT2D eigenvalue weighted by Crippen LogP contribution is 2.24. The van der Waals surface area contributed by atoms with Crippen LogP contribution in [0.1, 0.15) is 13.3 Å². The number of aromatic nitrogens is 1. The Bertz CT molecular complexity index is 526. The van der Waals surface area contributed by atoms with Gasteiger partial charge in [-0.05, 0) is 31.3 Å². The van der Waals surface area contributed by atoms with Crippen molar-refractivity contribution in [2.24, 2.45) is 0 Å². The first-order chi connectivity index (χ1) is 10.3. The van der Waals surface area contributed by atoms with Crippen LogP contribution in [0.25, 0.3) is 0 Å². The monoisotopic (exact) mass is 337 g/mol. The third-order valence-electron chi connectivity index (χ3n) is 2.14. The number of anilines is 1. The Morgan fingerprint density at radius 2 is 2.18 bits per heavy atom. The van der Waals surface area contributed by atoms with E-state index in [0.717, 1.165) is 0 Å². The van der Waals surface area contributed by atoms with E-state index in [9.17, 15) is 18.0 Å². The standard InChI is InChI=1S/C12H14F3N3O3S/c1-2-20-11(19)18-10(22)17-9-8(4-3-6-16-9)21-7-5-12(13,14)15/h3-4,6H,2,5,7H2,1H3,(H2,16,17,18,19,22). The molecule has 1 rings (SSSR count). The van der Waals surface area contributed by atoms with Crippen LogP contribution < -0.4 is 15.4 Å². The smallest absolute Gasteiger partial charge is 0.413 e. The number of alkyl carbamates (subject to hydrolysis) is 1. The molecule has 0 aliphatic carbocycles. The van der Waals surface area contributed by atoms with Gasteiger partial charge in [-0.1, -0.05) is 0 Å². The van der Waals surface area contributed by atoms with Crippen molar-refractivity contribution < 1.29 is 27.4 Å². The largest absolute Gasteiger partial charge is 0.489 e. The van der Waals surface area contributed by atoms with Crippen molar-refractivity contribution in [3.8, 4) is 5.75 Å². The first kappa shape index (κ1) is 18.0. The molecule has 1 aromatic rings. The van der Waals surface area contributed by atoms with E-state index < -0.39 is 25.3 Å². The highest BCUT2D eigenvalue weighted by atomic mass is 32.1. The zero-order valence-corrected chi connectivity index (χ0v) is 12.4. The number of halogens is 3. The van der Waals surface area contributed by atoms with Crippen molar-refractivity contribution in [3.05, 3.63) is 18.3 Å². The number of ether oxygens (including phenoxy) is 2. The van der Waals surface area contributed by atoms with Gasteiger partial charge in [-0.2, -0.15) is 13.2 Å². The van der Waals surface area contributed by atoms with Gasteiger partial charge in [-0.25, -0.2) is 9.78 Å². The van der Waals surface area contributed by atoms with Crippen LogP contribution in [0.5, 0.6) is 5.75 Å². The first-order valence-corrected chi connectivity index (χ1v) is 6.62. The SMILES string of the molecule is CCOC(=O)NC(=S)Nc1ncccc1OCCC(F)(F)F. The molecule has 0 aromatic carbocycles. The molecule has 10 heteroatoms. The minimum absolute atomic E-state index is 0.0831. The Morgan fingerprint density at radius 1 is 1.45 bits per heavy atom. The van der Waals surface area contributed by atoms with Gasteiger partial charge in [0.1, 0.15) is 0 Å². The summed E-state index contributed by atoms with van der Waals surface area (Å²) in [6.07, 6.45) is -4.76. The van der Waals surface area contributed by atoms with Crippen LogP contribution in [0, 0.1) is 0 Å². The van der Waals surface area contributed by atoms with Gasteiger partial charge in [0, 0.05) is 6.20 Å². The molecule has 0 spiro atoms. The van der Waals surface area contributed by atoms with Gasteiger partial charge in [-0.3, -0.25) is 5.32 Å². The third-order valence-corrected chi connectivity index (χ3v) is 2.34. The third kappa shape index (κ3) is 7.07. The van der Waals surface area contributed by atoms with Crippen LogP contribution in [0.15, 0.2) is 18.3 Å². The van der Waals surface area contributed by atoms with Crippen molar-refractivity contribution in [2.75, 3.05) is 18.5 Å². The zero-order valence-electron chi connectivity index (χ0n) is 11.6. The van der Waals surface area contributed by atoms with Crippen LogP contribution >= 0.6 is 12.2 Å². The lowest BCUT2D eigenvalue weighted by molar-refractivity contribution is -0.139. The number of rotatable bonds is 5. The molecule has 0 aliphatic rings. The molecule has 0 saturated carbocycles. The Morgan fingerprint density at radius 3 is 2.82 bits per heavy atom. The average Bonchev–Trinajstić information content (AvgIpc) is 2.39. The second-order valence-electron chi connectivity index (χ2n) is 3.86. The summed E-state index contributed by atoms with van der Waals surface area (Å²) in [5.41, 5.74) is 0. The van der Waals surface area contributed by atoms with Crippen molar-refractivity contribution >= 4 is 29.2 Å². The number of carbonyl (C=O) groups excluding carboxylic acids is 1. The van der Waals surface area contributed by atoms with E-state index in [4.69, 9.17) is 17.0 Å². The lowest BCUT2D eigenvalue weighted by Gasteiger charge is -2.13. The van der Waals surface area contributed by atoms with Gasteiger partial charge < -0.3 is 14.8 Å². The van der Waals surface area contributed by atoms with Crippen LogP contribution in [-0.4, -0.2) is 35.6 Å². The topological polar surface area (TPSA) is 72.5 Å². The van der Waals surface area contributed by atoms with Crippen LogP contribution in [0.4, 0.5) is 23.8 Å². The highest BCUT2D eigenvalue weighted by molar-refractivity contribution is 7.80. The predicted molar refractivity (Wildman–Crippen MR) is 76.8 cm³/mol. The minimum atomic E-state index is -4.31. The number of thiocarbonyl (C=S) groups is 1. The normalized spacial score (nSPS) is 10.7. The van der Waals surface area contributed by atoms with Crippen LogP contribution in [0.3, 0.4) is 0 Å². The summed E-state index contributed by atoms with van der Waals surface area (Å²) in [5, 5.41) is 4.66. The molecule has 0 bridgehead atoms.